The first-order valence-corrected chi connectivity index (χ1v) is 9.09. The zero-order valence-corrected chi connectivity index (χ0v) is 14.8. The van der Waals surface area contributed by atoms with Crippen molar-refractivity contribution in [2.24, 2.45) is 5.92 Å². The van der Waals surface area contributed by atoms with Crippen molar-refractivity contribution in [3.8, 4) is 10.6 Å². The summed E-state index contributed by atoms with van der Waals surface area (Å²) in [5.41, 5.74) is 2.06. The zero-order valence-electron chi connectivity index (χ0n) is 14.0. The minimum absolute atomic E-state index is 0.0625. The molecule has 128 valence electrons. The fourth-order valence-electron chi connectivity index (χ4n) is 3.02. The third kappa shape index (κ3) is 3.60. The van der Waals surface area contributed by atoms with Crippen molar-refractivity contribution >= 4 is 17.4 Å². The minimum Gasteiger partial charge on any atom is -0.396 e. The summed E-state index contributed by atoms with van der Waals surface area (Å²) in [6.45, 7) is 5.46. The number of urea groups is 1. The normalized spacial score (nSPS) is 18.6. The summed E-state index contributed by atoms with van der Waals surface area (Å²) in [5.74, 6) is 0.209. The van der Waals surface area contributed by atoms with E-state index in [0.29, 0.717) is 13.1 Å². The van der Waals surface area contributed by atoms with Crippen LogP contribution in [-0.4, -0.2) is 40.7 Å². The number of carbonyl (C=O) groups is 1. The van der Waals surface area contributed by atoms with Crippen molar-refractivity contribution in [1.29, 1.82) is 0 Å². The number of carbonyl (C=O) groups excluding carboxylic acids is 1. The van der Waals surface area contributed by atoms with Crippen LogP contribution in [0.1, 0.15) is 30.0 Å². The van der Waals surface area contributed by atoms with Crippen LogP contribution in [0.2, 0.25) is 0 Å². The molecule has 0 saturated carbocycles. The Kier molecular flexibility index (Phi) is 5.16. The smallest absolute Gasteiger partial charge is 0.317 e. The Labute approximate surface area is 146 Å². The lowest BCUT2D eigenvalue weighted by molar-refractivity contribution is 0.196. The predicted molar refractivity (Wildman–Crippen MR) is 96.0 cm³/mol. The molecule has 0 radical (unpaired) electrons. The van der Waals surface area contributed by atoms with E-state index in [4.69, 9.17) is 0 Å². The average Bonchev–Trinajstić information content (AvgIpc) is 3.22. The Hall–Kier alpha value is -1.92. The summed E-state index contributed by atoms with van der Waals surface area (Å²) < 4.78 is 0. The number of likely N-dealkylation sites (tertiary alicyclic amines) is 1. The van der Waals surface area contributed by atoms with Gasteiger partial charge in [0.15, 0.2) is 0 Å². The number of hydrogen-bond acceptors (Lipinski definition) is 4. The largest absolute Gasteiger partial charge is 0.396 e. The van der Waals surface area contributed by atoms with Gasteiger partial charge in [0.25, 0.3) is 0 Å². The summed E-state index contributed by atoms with van der Waals surface area (Å²) in [6.07, 6.45) is 0.871. The maximum absolute atomic E-state index is 12.4. The number of rotatable bonds is 4. The van der Waals surface area contributed by atoms with E-state index in [1.807, 2.05) is 44.2 Å². The molecule has 2 aromatic rings. The second-order valence-corrected chi connectivity index (χ2v) is 7.32. The van der Waals surface area contributed by atoms with Gasteiger partial charge in [-0.1, -0.05) is 30.3 Å². The number of thiazole rings is 1. The number of nitrogens with zero attached hydrogens (tertiary/aromatic N) is 2. The number of benzene rings is 1. The lowest BCUT2D eigenvalue weighted by atomic mass is 10.1. The van der Waals surface area contributed by atoms with E-state index in [9.17, 15) is 9.90 Å². The molecular weight excluding hydrogens is 322 g/mol. The first kappa shape index (κ1) is 16.9. The fraction of sp³-hybridized carbons (Fsp3) is 0.444. The number of amides is 2. The van der Waals surface area contributed by atoms with Gasteiger partial charge in [0.1, 0.15) is 5.01 Å². The highest BCUT2D eigenvalue weighted by Crippen LogP contribution is 2.31. The van der Waals surface area contributed by atoms with Crippen molar-refractivity contribution < 1.29 is 9.90 Å². The van der Waals surface area contributed by atoms with Crippen LogP contribution in [0.5, 0.6) is 0 Å². The fourth-order valence-corrected chi connectivity index (χ4v) is 4.10. The Morgan fingerprint density at radius 2 is 2.21 bits per heavy atom. The molecule has 1 aliphatic rings. The Balaban J connectivity index is 1.68. The topological polar surface area (TPSA) is 65.5 Å². The SMILES string of the molecule is Cc1nc(-c2ccccc2)sc1C(C)NC(=O)N1CCC(CO)C1. The van der Waals surface area contributed by atoms with Gasteiger partial charge in [-0.2, -0.15) is 0 Å². The minimum atomic E-state index is -0.0827. The van der Waals surface area contributed by atoms with Gasteiger partial charge in [-0.05, 0) is 20.3 Å². The van der Waals surface area contributed by atoms with E-state index < -0.39 is 0 Å². The van der Waals surface area contributed by atoms with Gasteiger partial charge < -0.3 is 15.3 Å². The number of hydrogen-bond donors (Lipinski definition) is 2. The van der Waals surface area contributed by atoms with E-state index in [1.165, 1.54) is 0 Å². The van der Waals surface area contributed by atoms with Gasteiger partial charge in [0.2, 0.25) is 0 Å². The number of nitrogens with one attached hydrogen (secondary N) is 1. The van der Waals surface area contributed by atoms with Crippen molar-refractivity contribution in [3.05, 3.63) is 40.9 Å². The summed E-state index contributed by atoms with van der Waals surface area (Å²) in [5, 5.41) is 13.2. The maximum atomic E-state index is 12.4. The lowest BCUT2D eigenvalue weighted by Gasteiger charge is -2.20. The summed E-state index contributed by atoms with van der Waals surface area (Å²) in [4.78, 5) is 19.9. The number of aryl methyl sites for hydroxylation is 1. The third-order valence-corrected chi connectivity index (χ3v) is 5.81. The van der Waals surface area contributed by atoms with Crippen LogP contribution in [0.25, 0.3) is 10.6 Å². The van der Waals surface area contributed by atoms with Gasteiger partial charge in [0, 0.05) is 31.2 Å². The first-order chi connectivity index (χ1) is 11.6. The highest BCUT2D eigenvalue weighted by molar-refractivity contribution is 7.15. The Bertz CT molecular complexity index is 702. The predicted octanol–water partition coefficient (Wildman–Crippen LogP) is 3.20. The van der Waals surface area contributed by atoms with E-state index in [0.717, 1.165) is 27.6 Å². The molecule has 2 atom stereocenters. The standard InChI is InChI=1S/C18H23N3O2S/c1-12-16(24-17(19-12)15-6-4-3-5-7-15)13(2)20-18(23)21-9-8-14(10-21)11-22/h3-7,13-14,22H,8-11H2,1-2H3,(H,20,23). The molecule has 6 heteroatoms. The molecule has 5 nitrogen and oxygen atoms in total. The molecule has 24 heavy (non-hydrogen) atoms. The molecule has 1 aromatic heterocycles. The molecule has 1 fully saturated rings. The zero-order chi connectivity index (χ0) is 17.1. The van der Waals surface area contributed by atoms with Gasteiger partial charge in [-0.15, -0.1) is 11.3 Å². The second kappa shape index (κ2) is 7.32. The third-order valence-electron chi connectivity index (χ3n) is 4.42. The van der Waals surface area contributed by atoms with Crippen LogP contribution in [0.15, 0.2) is 30.3 Å². The summed E-state index contributed by atoms with van der Waals surface area (Å²) in [7, 11) is 0. The van der Waals surface area contributed by atoms with Crippen LogP contribution < -0.4 is 5.32 Å². The van der Waals surface area contributed by atoms with Crippen LogP contribution in [0.4, 0.5) is 4.79 Å². The molecule has 1 aromatic carbocycles. The molecule has 2 unspecified atom stereocenters. The van der Waals surface area contributed by atoms with Crippen molar-refractivity contribution in [1.82, 2.24) is 15.2 Å². The summed E-state index contributed by atoms with van der Waals surface area (Å²) >= 11 is 1.63. The second-order valence-electron chi connectivity index (χ2n) is 6.29. The Morgan fingerprint density at radius 3 is 2.88 bits per heavy atom. The van der Waals surface area contributed by atoms with Crippen molar-refractivity contribution in [3.63, 3.8) is 0 Å². The average molecular weight is 345 g/mol. The highest BCUT2D eigenvalue weighted by Gasteiger charge is 2.27. The molecule has 0 spiro atoms. The maximum Gasteiger partial charge on any atom is 0.317 e. The molecule has 1 aliphatic heterocycles. The first-order valence-electron chi connectivity index (χ1n) is 8.27. The molecule has 1 saturated heterocycles. The molecule has 2 N–H and O–H groups in total. The monoisotopic (exact) mass is 345 g/mol. The quantitative estimate of drug-likeness (QED) is 0.894. The van der Waals surface area contributed by atoms with Crippen LogP contribution in [-0.2, 0) is 0 Å². The van der Waals surface area contributed by atoms with Gasteiger partial charge >= 0.3 is 6.03 Å². The van der Waals surface area contributed by atoms with Crippen LogP contribution in [0, 0.1) is 12.8 Å². The van der Waals surface area contributed by atoms with Crippen LogP contribution in [0.3, 0.4) is 0 Å². The van der Waals surface area contributed by atoms with E-state index in [1.54, 1.807) is 16.2 Å². The highest BCUT2D eigenvalue weighted by atomic mass is 32.1. The molecule has 0 bridgehead atoms. The number of aromatic nitrogens is 1. The Morgan fingerprint density at radius 1 is 1.46 bits per heavy atom. The molecular formula is C18H23N3O2S. The van der Waals surface area contributed by atoms with Gasteiger partial charge in [-0.25, -0.2) is 9.78 Å². The molecule has 0 aliphatic carbocycles. The number of aliphatic hydroxyl groups is 1. The van der Waals surface area contributed by atoms with E-state index in [-0.39, 0.29) is 24.6 Å². The summed E-state index contributed by atoms with van der Waals surface area (Å²) in [6, 6.07) is 9.94. The lowest BCUT2D eigenvalue weighted by Crippen LogP contribution is -2.39. The number of aliphatic hydroxyl groups excluding tert-OH is 1. The van der Waals surface area contributed by atoms with Crippen molar-refractivity contribution in [2.45, 2.75) is 26.3 Å². The molecule has 3 rings (SSSR count). The van der Waals surface area contributed by atoms with Crippen LogP contribution >= 0.6 is 11.3 Å². The van der Waals surface area contributed by atoms with E-state index >= 15 is 0 Å². The van der Waals surface area contributed by atoms with Gasteiger partial charge in [-0.3, -0.25) is 0 Å². The van der Waals surface area contributed by atoms with Crippen molar-refractivity contribution in [2.75, 3.05) is 19.7 Å². The molecule has 2 heterocycles. The molecule has 2 amide bonds. The van der Waals surface area contributed by atoms with Gasteiger partial charge in [0.05, 0.1) is 16.6 Å². The van der Waals surface area contributed by atoms with E-state index in [2.05, 4.69) is 10.3 Å².